The van der Waals surface area contributed by atoms with Crippen LogP contribution in [0.1, 0.15) is 22.3 Å². The minimum absolute atomic E-state index is 0.124. The van der Waals surface area contributed by atoms with Crippen LogP contribution in [-0.2, 0) is 5.41 Å². The van der Waals surface area contributed by atoms with E-state index in [1.165, 1.54) is 115 Å². The van der Waals surface area contributed by atoms with Crippen molar-refractivity contribution in [1.29, 1.82) is 0 Å². The molecule has 292 valence electrons. The van der Waals surface area contributed by atoms with E-state index in [2.05, 4.69) is 234 Å². The third kappa shape index (κ3) is 4.73. The predicted molar refractivity (Wildman–Crippen MR) is 268 cm³/mol. The molecule has 0 unspecified atom stereocenters. The highest BCUT2D eigenvalue weighted by atomic mass is 32.1. The quantitative estimate of drug-likeness (QED) is 0.163. The molecule has 10 aromatic carbocycles. The first kappa shape index (κ1) is 35.0. The van der Waals surface area contributed by atoms with Gasteiger partial charge in [-0.25, -0.2) is 0 Å². The molecule has 0 bridgehead atoms. The van der Waals surface area contributed by atoms with Crippen molar-refractivity contribution in [2.24, 2.45) is 0 Å². The number of thiophene rings is 1. The predicted octanol–water partition coefficient (Wildman–Crippen LogP) is 14.3. The molecule has 0 saturated heterocycles. The average molecular weight is 817 g/mol. The normalized spacial score (nSPS) is 14.1. The van der Waals surface area contributed by atoms with Crippen LogP contribution in [-0.4, -0.2) is 6.85 Å². The van der Waals surface area contributed by atoms with E-state index >= 15 is 0 Å². The summed E-state index contributed by atoms with van der Waals surface area (Å²) in [6.45, 7) is -0.124. The summed E-state index contributed by atoms with van der Waals surface area (Å²) in [6, 6.07) is 84.2. The van der Waals surface area contributed by atoms with E-state index in [-0.39, 0.29) is 6.85 Å². The zero-order valence-corrected chi connectivity index (χ0v) is 35.1. The molecular formula is C59H37BN2S. The average Bonchev–Trinajstić information content (AvgIpc) is 3.74. The second-order valence-corrected chi connectivity index (χ2v) is 18.2. The number of benzene rings is 10. The van der Waals surface area contributed by atoms with Gasteiger partial charge in [0.15, 0.2) is 0 Å². The van der Waals surface area contributed by atoms with Gasteiger partial charge >= 0.3 is 6.85 Å². The van der Waals surface area contributed by atoms with E-state index in [0.717, 1.165) is 0 Å². The van der Waals surface area contributed by atoms with Crippen molar-refractivity contribution in [2.45, 2.75) is 5.41 Å². The number of hydrogen-bond donors (Lipinski definition) is 0. The fourth-order valence-corrected chi connectivity index (χ4v) is 12.7. The number of para-hydroxylation sites is 2. The first-order valence-electron chi connectivity index (χ1n) is 21.9. The fraction of sp³-hybridized carbons (Fsp3) is 0.0169. The van der Waals surface area contributed by atoms with Crippen LogP contribution in [0.15, 0.2) is 224 Å². The van der Waals surface area contributed by atoms with Crippen molar-refractivity contribution in [3.05, 3.63) is 247 Å². The van der Waals surface area contributed by atoms with Crippen LogP contribution in [0, 0.1) is 0 Å². The molecular weight excluding hydrogens is 780 g/mol. The lowest BCUT2D eigenvalue weighted by atomic mass is 9.42. The van der Waals surface area contributed by atoms with Crippen LogP contribution in [0.2, 0.25) is 0 Å². The first-order chi connectivity index (χ1) is 31.3. The van der Waals surface area contributed by atoms with Gasteiger partial charge in [0, 0.05) is 38.1 Å². The second-order valence-electron chi connectivity index (χ2n) is 17.1. The monoisotopic (exact) mass is 816 g/mol. The van der Waals surface area contributed by atoms with Crippen LogP contribution >= 0.6 is 11.3 Å². The Bertz CT molecular complexity index is 3600. The molecule has 14 rings (SSSR count). The maximum Gasteiger partial charge on any atom is 0.333 e. The Hall–Kier alpha value is -7.66. The summed E-state index contributed by atoms with van der Waals surface area (Å²) in [7, 11) is 0. The van der Waals surface area contributed by atoms with Gasteiger partial charge in [-0.3, -0.25) is 0 Å². The number of nitrogens with zero attached hydrogens (tertiary/aromatic N) is 2. The molecule has 63 heavy (non-hydrogen) atoms. The fourth-order valence-electron chi connectivity index (χ4n) is 11.5. The third-order valence-corrected chi connectivity index (χ3v) is 15.2. The summed E-state index contributed by atoms with van der Waals surface area (Å²) in [5, 5.41) is 5.10. The van der Waals surface area contributed by atoms with E-state index in [1.807, 2.05) is 11.3 Å². The molecule has 0 saturated carbocycles. The lowest BCUT2D eigenvalue weighted by Crippen LogP contribution is -2.62. The summed E-state index contributed by atoms with van der Waals surface area (Å²) >= 11 is 1.93. The van der Waals surface area contributed by atoms with Crippen LogP contribution in [0.3, 0.4) is 0 Å². The molecule has 3 aliphatic rings. The van der Waals surface area contributed by atoms with Crippen molar-refractivity contribution in [2.75, 3.05) is 9.71 Å². The highest BCUT2D eigenvalue weighted by molar-refractivity contribution is 7.26. The molecule has 0 atom stereocenters. The highest BCUT2D eigenvalue weighted by Gasteiger charge is 2.53. The molecule has 0 spiro atoms. The Morgan fingerprint density at radius 2 is 1.05 bits per heavy atom. The van der Waals surface area contributed by atoms with Crippen molar-refractivity contribution in [3.63, 3.8) is 0 Å². The summed E-state index contributed by atoms with van der Waals surface area (Å²) in [6.07, 6.45) is 0. The van der Waals surface area contributed by atoms with E-state index in [9.17, 15) is 0 Å². The van der Waals surface area contributed by atoms with Crippen LogP contribution in [0.25, 0.3) is 53.2 Å². The lowest BCUT2D eigenvalue weighted by Gasteiger charge is -2.52. The smallest absolute Gasteiger partial charge is 0.333 e. The highest BCUT2D eigenvalue weighted by Crippen LogP contribution is 2.61. The number of fused-ring (bicyclic) bond motifs is 11. The summed E-state index contributed by atoms with van der Waals surface area (Å²) < 4.78 is 2.63. The summed E-state index contributed by atoms with van der Waals surface area (Å²) in [4.78, 5) is 5.35. The van der Waals surface area contributed by atoms with Gasteiger partial charge in [-0.05, 0) is 103 Å². The molecule has 0 aliphatic carbocycles. The Morgan fingerprint density at radius 1 is 0.429 bits per heavy atom. The Morgan fingerprint density at radius 3 is 1.81 bits per heavy atom. The van der Waals surface area contributed by atoms with Crippen LogP contribution in [0.5, 0.6) is 0 Å². The van der Waals surface area contributed by atoms with Gasteiger partial charge < -0.3 is 9.71 Å². The molecule has 4 heterocycles. The minimum atomic E-state index is -0.583. The maximum absolute atomic E-state index is 2.68. The molecule has 3 aliphatic heterocycles. The van der Waals surface area contributed by atoms with Crippen LogP contribution in [0.4, 0.5) is 28.4 Å². The molecule has 0 fully saturated rings. The molecule has 0 N–H and O–H groups in total. The zero-order chi connectivity index (χ0) is 41.2. The molecule has 11 aromatic rings. The second kappa shape index (κ2) is 13.2. The van der Waals surface area contributed by atoms with E-state index in [4.69, 9.17) is 0 Å². The zero-order valence-electron chi connectivity index (χ0n) is 34.2. The van der Waals surface area contributed by atoms with Gasteiger partial charge in [-0.15, -0.1) is 11.3 Å². The van der Waals surface area contributed by atoms with E-state index in [1.54, 1.807) is 0 Å². The topological polar surface area (TPSA) is 6.48 Å². The number of anilines is 5. The van der Waals surface area contributed by atoms with Gasteiger partial charge in [0.2, 0.25) is 0 Å². The van der Waals surface area contributed by atoms with Crippen molar-refractivity contribution < 1.29 is 0 Å². The molecule has 2 nitrogen and oxygen atoms in total. The molecule has 0 amide bonds. The number of rotatable bonds is 4. The standard InChI is InChI=1S/C59H37BN2S/c1-4-17-38(18-5-1)39-31-33-44(34-32-39)62-53-36-41-20-11-10-19-40(41)35-46(53)47-37-48-45-25-12-15-30-54(45)63-58(48)57-55(47)60(62)51-28-16-27-50-56(51)61(57)52-29-14-13-26-49(52)59(50,42-21-6-2-7-22-42)43-23-8-3-9-24-43/h1-37H. The number of hydrogen-bond acceptors (Lipinski definition) is 3. The summed E-state index contributed by atoms with van der Waals surface area (Å²) in [5.41, 5.74) is 18.4. The van der Waals surface area contributed by atoms with Crippen molar-refractivity contribution in [3.8, 4) is 22.3 Å². The lowest BCUT2D eigenvalue weighted by molar-refractivity contribution is 0.732. The SMILES string of the molecule is c1ccc(-c2ccc(N3B4c5cccc6c5N(c5ccccc5C6(c5ccccc5)c5ccccc5)c5c4c(cc4c5sc5ccccc54)-c4cc5ccccc5cc43)cc2)cc1. The van der Waals surface area contributed by atoms with Gasteiger partial charge in [0.05, 0.1) is 21.5 Å². The van der Waals surface area contributed by atoms with Gasteiger partial charge in [-0.1, -0.05) is 182 Å². The van der Waals surface area contributed by atoms with Crippen molar-refractivity contribution in [1.82, 2.24) is 0 Å². The Labute approximate surface area is 370 Å². The Balaban J connectivity index is 1.16. The third-order valence-electron chi connectivity index (χ3n) is 14.1. The molecule has 4 heteroatoms. The molecule has 0 radical (unpaired) electrons. The van der Waals surface area contributed by atoms with E-state index in [0.29, 0.717) is 0 Å². The Kier molecular flexibility index (Phi) is 7.32. The first-order valence-corrected chi connectivity index (χ1v) is 22.7. The maximum atomic E-state index is 2.68. The minimum Gasteiger partial charge on any atom is -0.376 e. The largest absolute Gasteiger partial charge is 0.376 e. The van der Waals surface area contributed by atoms with Crippen LogP contribution < -0.4 is 20.6 Å². The van der Waals surface area contributed by atoms with Gasteiger partial charge in [0.25, 0.3) is 0 Å². The molecule has 1 aromatic heterocycles. The van der Waals surface area contributed by atoms with E-state index < -0.39 is 5.41 Å². The van der Waals surface area contributed by atoms with Gasteiger partial charge in [-0.2, -0.15) is 0 Å². The van der Waals surface area contributed by atoms with Crippen molar-refractivity contribution >= 4 is 88.5 Å². The summed E-state index contributed by atoms with van der Waals surface area (Å²) in [5.74, 6) is 0. The van der Waals surface area contributed by atoms with Gasteiger partial charge in [0.1, 0.15) is 0 Å².